The molecule has 4 aromatic rings. The first-order chi connectivity index (χ1) is 12.5. The third kappa shape index (κ3) is 3.51. The second kappa shape index (κ2) is 6.83. The highest BCUT2D eigenvalue weighted by molar-refractivity contribution is 8.00. The zero-order valence-electron chi connectivity index (χ0n) is 15.2. The summed E-state index contributed by atoms with van der Waals surface area (Å²) in [4.78, 5) is 3.71. The Hall–Kier alpha value is -2.21. The van der Waals surface area contributed by atoms with Crippen LogP contribution < -0.4 is 0 Å². The minimum absolute atomic E-state index is 0.0120. The molecule has 4 rings (SSSR count). The van der Waals surface area contributed by atoms with Gasteiger partial charge in [-0.25, -0.2) is 0 Å². The van der Waals surface area contributed by atoms with Crippen LogP contribution in [-0.4, -0.2) is 0 Å². The molecular formula is C24H20S2. The van der Waals surface area contributed by atoms with E-state index in [0.29, 0.717) is 0 Å². The third-order valence-electron chi connectivity index (χ3n) is 4.11. The van der Waals surface area contributed by atoms with Gasteiger partial charge in [-0.2, -0.15) is 0 Å². The molecule has 0 N–H and O–H groups in total. The highest BCUT2D eigenvalue weighted by Gasteiger charge is 2.12. The van der Waals surface area contributed by atoms with Crippen molar-refractivity contribution in [3.05, 3.63) is 70.9 Å². The van der Waals surface area contributed by atoms with Gasteiger partial charge in [-0.15, -0.1) is 11.3 Å². The van der Waals surface area contributed by atoms with Crippen LogP contribution in [0.25, 0.3) is 21.5 Å². The van der Waals surface area contributed by atoms with Gasteiger partial charge in [0.25, 0.3) is 0 Å². The van der Waals surface area contributed by atoms with E-state index in [0.717, 1.165) is 4.88 Å². The Bertz CT molecular complexity index is 1090. The lowest BCUT2D eigenvalue weighted by Gasteiger charge is -2.11. The van der Waals surface area contributed by atoms with Crippen LogP contribution in [0.1, 0.15) is 25.6 Å². The number of rotatable bonds is 2. The molecule has 0 unspecified atom stereocenters. The van der Waals surface area contributed by atoms with Gasteiger partial charge in [0.05, 0.1) is 4.88 Å². The van der Waals surface area contributed by atoms with E-state index in [1.165, 1.54) is 31.3 Å². The van der Waals surface area contributed by atoms with Crippen LogP contribution in [0.3, 0.4) is 0 Å². The molecule has 0 fully saturated rings. The minimum atomic E-state index is 0.0120. The SMILES string of the molecule is CC(C)(C)C#Cc1sccc1Sc1c2ccccc2cc2ccccc12. The van der Waals surface area contributed by atoms with E-state index in [2.05, 4.69) is 98.7 Å². The maximum absolute atomic E-state index is 3.40. The maximum Gasteiger partial charge on any atom is 0.0907 e. The van der Waals surface area contributed by atoms with E-state index in [1.54, 1.807) is 11.3 Å². The van der Waals surface area contributed by atoms with Gasteiger partial charge in [0.15, 0.2) is 0 Å². The summed E-state index contributed by atoms with van der Waals surface area (Å²) in [7, 11) is 0. The lowest BCUT2D eigenvalue weighted by Crippen LogP contribution is -1.99. The van der Waals surface area contributed by atoms with Crippen LogP contribution in [0.4, 0.5) is 0 Å². The Balaban J connectivity index is 1.87. The monoisotopic (exact) mass is 372 g/mol. The van der Waals surface area contributed by atoms with Crippen molar-refractivity contribution < 1.29 is 0 Å². The highest BCUT2D eigenvalue weighted by atomic mass is 32.2. The van der Waals surface area contributed by atoms with E-state index in [1.807, 2.05) is 11.8 Å². The number of thiophene rings is 1. The van der Waals surface area contributed by atoms with Gasteiger partial charge in [-0.3, -0.25) is 0 Å². The Labute approximate surface area is 163 Å². The highest BCUT2D eigenvalue weighted by Crippen LogP contribution is 2.41. The van der Waals surface area contributed by atoms with Crippen molar-refractivity contribution in [2.75, 3.05) is 0 Å². The summed E-state index contributed by atoms with van der Waals surface area (Å²) in [5, 5.41) is 7.31. The summed E-state index contributed by atoms with van der Waals surface area (Å²) in [5.41, 5.74) is 0.0120. The van der Waals surface area contributed by atoms with Crippen molar-refractivity contribution in [3.8, 4) is 11.8 Å². The standard InChI is InChI=1S/C24H20S2/c1-24(2,3)14-12-21-22(13-15-25-21)26-23-19-10-6-4-8-17(19)16-18-9-5-7-11-20(18)23/h4-11,13,15-16H,1-3H3. The molecule has 0 aliphatic carbocycles. The lowest BCUT2D eigenvalue weighted by atomic mass is 9.98. The number of hydrogen-bond donors (Lipinski definition) is 0. The quantitative estimate of drug-likeness (QED) is 0.258. The normalized spacial score (nSPS) is 11.5. The summed E-state index contributed by atoms with van der Waals surface area (Å²) >= 11 is 3.56. The fourth-order valence-electron chi connectivity index (χ4n) is 2.91. The zero-order chi connectivity index (χ0) is 18.1. The molecule has 0 aliphatic rings. The van der Waals surface area contributed by atoms with Gasteiger partial charge in [0.1, 0.15) is 0 Å². The summed E-state index contributed by atoms with van der Waals surface area (Å²) in [6.07, 6.45) is 0. The van der Waals surface area contributed by atoms with Crippen LogP contribution >= 0.6 is 23.1 Å². The molecule has 0 bridgehead atoms. The van der Waals surface area contributed by atoms with E-state index in [-0.39, 0.29) is 5.41 Å². The van der Waals surface area contributed by atoms with Gasteiger partial charge in [0.2, 0.25) is 0 Å². The largest absolute Gasteiger partial charge is 0.134 e. The summed E-state index contributed by atoms with van der Waals surface area (Å²) in [6, 6.07) is 21.8. The predicted octanol–water partition coefficient (Wildman–Crippen LogP) is 7.60. The van der Waals surface area contributed by atoms with Gasteiger partial charge < -0.3 is 0 Å². The van der Waals surface area contributed by atoms with Crippen LogP contribution in [0, 0.1) is 17.3 Å². The average molecular weight is 373 g/mol. The molecular weight excluding hydrogens is 352 g/mol. The third-order valence-corrected chi connectivity index (χ3v) is 6.28. The molecule has 0 atom stereocenters. The van der Waals surface area contributed by atoms with E-state index in [9.17, 15) is 0 Å². The second-order valence-electron chi connectivity index (χ2n) is 7.36. The summed E-state index contributed by atoms with van der Waals surface area (Å²) in [6.45, 7) is 6.45. The first-order valence-corrected chi connectivity index (χ1v) is 10.4. The Morgan fingerprint density at radius 1 is 0.846 bits per heavy atom. The van der Waals surface area contributed by atoms with Crippen molar-refractivity contribution in [2.24, 2.45) is 5.41 Å². The second-order valence-corrected chi connectivity index (χ2v) is 9.33. The Morgan fingerprint density at radius 2 is 1.46 bits per heavy atom. The van der Waals surface area contributed by atoms with Crippen LogP contribution in [0.5, 0.6) is 0 Å². The molecule has 0 spiro atoms. The van der Waals surface area contributed by atoms with Crippen molar-refractivity contribution in [3.63, 3.8) is 0 Å². The lowest BCUT2D eigenvalue weighted by molar-refractivity contribution is 0.571. The Morgan fingerprint density at radius 3 is 2.08 bits per heavy atom. The molecule has 0 saturated carbocycles. The van der Waals surface area contributed by atoms with Crippen LogP contribution in [0.15, 0.2) is 75.8 Å². The number of fused-ring (bicyclic) bond motifs is 2. The fraction of sp³-hybridized carbons (Fsp3) is 0.167. The van der Waals surface area contributed by atoms with Crippen molar-refractivity contribution in [2.45, 2.75) is 30.6 Å². The molecule has 0 nitrogen and oxygen atoms in total. The first kappa shape index (κ1) is 17.2. The average Bonchev–Trinajstić information content (AvgIpc) is 3.06. The molecule has 0 saturated heterocycles. The molecule has 2 heteroatoms. The smallest absolute Gasteiger partial charge is 0.0907 e. The molecule has 0 amide bonds. The molecule has 1 heterocycles. The topological polar surface area (TPSA) is 0 Å². The molecule has 3 aromatic carbocycles. The van der Waals surface area contributed by atoms with Crippen LogP contribution in [0.2, 0.25) is 0 Å². The van der Waals surface area contributed by atoms with Crippen molar-refractivity contribution in [1.29, 1.82) is 0 Å². The first-order valence-electron chi connectivity index (χ1n) is 8.70. The maximum atomic E-state index is 3.40. The number of hydrogen-bond acceptors (Lipinski definition) is 2. The van der Waals surface area contributed by atoms with E-state index >= 15 is 0 Å². The molecule has 0 aliphatic heterocycles. The molecule has 26 heavy (non-hydrogen) atoms. The van der Waals surface area contributed by atoms with Gasteiger partial charge in [0, 0.05) is 15.2 Å². The molecule has 0 radical (unpaired) electrons. The Kier molecular flexibility index (Phi) is 4.53. The van der Waals surface area contributed by atoms with Gasteiger partial charge in [-0.1, -0.05) is 72.1 Å². The fourth-order valence-corrected chi connectivity index (χ4v) is 4.99. The van der Waals surface area contributed by atoms with Crippen molar-refractivity contribution in [1.82, 2.24) is 0 Å². The summed E-state index contributed by atoms with van der Waals surface area (Å²) < 4.78 is 0. The van der Waals surface area contributed by atoms with Gasteiger partial charge >= 0.3 is 0 Å². The summed E-state index contributed by atoms with van der Waals surface area (Å²) in [5.74, 6) is 6.77. The molecule has 128 valence electrons. The van der Waals surface area contributed by atoms with E-state index < -0.39 is 0 Å². The minimum Gasteiger partial charge on any atom is -0.134 e. The van der Waals surface area contributed by atoms with Crippen molar-refractivity contribution >= 4 is 44.6 Å². The molecule has 1 aromatic heterocycles. The zero-order valence-corrected chi connectivity index (χ0v) is 16.8. The number of benzene rings is 3. The van der Waals surface area contributed by atoms with Crippen LogP contribution in [-0.2, 0) is 0 Å². The van der Waals surface area contributed by atoms with Gasteiger partial charge in [-0.05, 0) is 59.8 Å². The predicted molar refractivity (Wildman–Crippen MR) is 116 cm³/mol. The van der Waals surface area contributed by atoms with E-state index in [4.69, 9.17) is 0 Å².